The van der Waals surface area contributed by atoms with E-state index >= 15 is 0 Å². The van der Waals surface area contributed by atoms with Crippen LogP contribution in [-0.2, 0) is 4.65 Å². The molecule has 0 saturated carbocycles. The summed E-state index contributed by atoms with van der Waals surface area (Å²) in [6.45, 7) is 7.28. The highest BCUT2D eigenvalue weighted by atomic mass is 16.5. The number of para-hydroxylation sites is 1. The zero-order valence-electron chi connectivity index (χ0n) is 23.1. The van der Waals surface area contributed by atoms with Gasteiger partial charge < -0.3 is 14.2 Å². The molecular formula is C33H30BN3O3. The lowest BCUT2D eigenvalue weighted by atomic mass is 9.80. The number of aliphatic hydroxyl groups is 1. The van der Waals surface area contributed by atoms with Crippen LogP contribution in [0.5, 0.6) is 0 Å². The topological polar surface area (TPSA) is 81.3 Å². The van der Waals surface area contributed by atoms with Crippen LogP contribution >= 0.6 is 0 Å². The minimum absolute atomic E-state index is 0.288. The number of hydrogen-bond donors (Lipinski definition) is 1. The molecule has 0 spiro atoms. The van der Waals surface area contributed by atoms with Gasteiger partial charge >= 0.3 is 7.48 Å². The van der Waals surface area contributed by atoms with Crippen LogP contribution in [0.2, 0.25) is 0 Å². The molecule has 6 rings (SSSR count). The lowest BCUT2D eigenvalue weighted by molar-refractivity contribution is -0.0893. The predicted molar refractivity (Wildman–Crippen MR) is 162 cm³/mol. The summed E-state index contributed by atoms with van der Waals surface area (Å²) in [5.41, 5.74) is 3.35. The SMILES string of the molecule is CC(C)(O)C(C)(C)OBc1ccccc1-c1nc(-c2ccccc2)nc(-c2cccc3oc4ccccc4c23)n1. The average molecular weight is 527 g/mol. The van der Waals surface area contributed by atoms with Crippen LogP contribution in [-0.4, -0.2) is 38.7 Å². The number of furan rings is 1. The summed E-state index contributed by atoms with van der Waals surface area (Å²) < 4.78 is 12.4. The largest absolute Gasteiger partial charge is 0.456 e. The molecule has 0 aliphatic rings. The van der Waals surface area contributed by atoms with E-state index in [-0.39, 0.29) is 7.48 Å². The lowest BCUT2D eigenvalue weighted by Gasteiger charge is -2.37. The van der Waals surface area contributed by atoms with Gasteiger partial charge in [-0.15, -0.1) is 0 Å². The standard InChI is InChI=1S/C33H30BN3O3/c1-32(2,38)33(3,4)40-34-25-18-10-8-15-22(25)30-35-29(21-13-6-5-7-14-21)36-31(37-30)24-17-12-20-27-28(24)23-16-9-11-19-26(23)39-27/h5-20,34,38H,1-4H3. The van der Waals surface area contributed by atoms with E-state index in [9.17, 15) is 5.11 Å². The first kappa shape index (κ1) is 25.9. The van der Waals surface area contributed by atoms with Gasteiger partial charge in [-0.05, 0) is 45.3 Å². The van der Waals surface area contributed by atoms with E-state index in [4.69, 9.17) is 24.0 Å². The predicted octanol–water partition coefficient (Wildman–Crippen LogP) is 6.31. The summed E-state index contributed by atoms with van der Waals surface area (Å²) in [4.78, 5) is 14.9. The van der Waals surface area contributed by atoms with Crippen LogP contribution < -0.4 is 5.46 Å². The Labute approximate surface area is 234 Å². The molecule has 0 aliphatic carbocycles. The number of nitrogens with zero attached hydrogens (tertiary/aromatic N) is 3. The monoisotopic (exact) mass is 527 g/mol. The Balaban J connectivity index is 1.53. The molecule has 0 amide bonds. The van der Waals surface area contributed by atoms with Gasteiger partial charge in [0.15, 0.2) is 17.5 Å². The molecule has 198 valence electrons. The molecule has 2 aromatic heterocycles. The van der Waals surface area contributed by atoms with Crippen LogP contribution in [0.1, 0.15) is 27.7 Å². The van der Waals surface area contributed by atoms with Crippen LogP contribution in [0, 0.1) is 0 Å². The molecule has 6 nitrogen and oxygen atoms in total. The van der Waals surface area contributed by atoms with Crippen molar-refractivity contribution in [3.63, 3.8) is 0 Å². The maximum atomic E-state index is 10.6. The summed E-state index contributed by atoms with van der Waals surface area (Å²) in [6.07, 6.45) is 0. The molecule has 40 heavy (non-hydrogen) atoms. The minimum atomic E-state index is -1.02. The van der Waals surface area contributed by atoms with Crippen molar-refractivity contribution in [1.82, 2.24) is 15.0 Å². The highest BCUT2D eigenvalue weighted by molar-refractivity contribution is 6.49. The van der Waals surface area contributed by atoms with E-state index in [1.165, 1.54) is 0 Å². The summed E-state index contributed by atoms with van der Waals surface area (Å²) in [5.74, 6) is 1.69. The second-order valence-electron chi connectivity index (χ2n) is 11.0. The van der Waals surface area contributed by atoms with Gasteiger partial charge in [-0.3, -0.25) is 0 Å². The molecule has 7 heteroatoms. The van der Waals surface area contributed by atoms with Gasteiger partial charge in [0, 0.05) is 27.5 Å². The Morgan fingerprint density at radius 3 is 2.02 bits per heavy atom. The Kier molecular flexibility index (Phi) is 6.49. The van der Waals surface area contributed by atoms with E-state index in [0.29, 0.717) is 17.5 Å². The fourth-order valence-electron chi connectivity index (χ4n) is 4.59. The van der Waals surface area contributed by atoms with Gasteiger partial charge in [-0.2, -0.15) is 0 Å². The van der Waals surface area contributed by atoms with Crippen LogP contribution in [0.4, 0.5) is 0 Å². The van der Waals surface area contributed by atoms with E-state index in [1.54, 1.807) is 13.8 Å². The van der Waals surface area contributed by atoms with Crippen molar-refractivity contribution >= 4 is 34.9 Å². The van der Waals surface area contributed by atoms with Crippen LogP contribution in [0.15, 0.2) is 101 Å². The highest BCUT2D eigenvalue weighted by Gasteiger charge is 2.36. The number of hydrogen-bond acceptors (Lipinski definition) is 6. The first-order valence-electron chi connectivity index (χ1n) is 13.4. The number of benzene rings is 4. The smallest absolute Gasteiger partial charge is 0.310 e. The van der Waals surface area contributed by atoms with Crippen molar-refractivity contribution in [3.05, 3.63) is 97.1 Å². The summed E-state index contributed by atoms with van der Waals surface area (Å²) in [6, 6.07) is 31.8. The molecule has 0 unspecified atom stereocenters. The van der Waals surface area contributed by atoms with E-state index in [1.807, 2.05) is 105 Å². The van der Waals surface area contributed by atoms with Gasteiger partial charge in [-0.25, -0.2) is 15.0 Å². The molecular weight excluding hydrogens is 497 g/mol. The third-order valence-corrected chi connectivity index (χ3v) is 7.63. The fraction of sp³-hybridized carbons (Fsp3) is 0.182. The van der Waals surface area contributed by atoms with Gasteiger partial charge in [0.1, 0.15) is 11.2 Å². The molecule has 4 aromatic carbocycles. The number of rotatable bonds is 7. The average Bonchev–Trinajstić information content (AvgIpc) is 3.35. The Morgan fingerprint density at radius 2 is 1.25 bits per heavy atom. The molecule has 1 N–H and O–H groups in total. The Hall–Kier alpha value is -4.33. The Bertz CT molecular complexity index is 1820. The quantitative estimate of drug-likeness (QED) is 0.245. The molecule has 0 atom stereocenters. The van der Waals surface area contributed by atoms with Gasteiger partial charge in [0.25, 0.3) is 0 Å². The molecule has 2 heterocycles. The normalized spacial score (nSPS) is 12.2. The number of aromatic nitrogens is 3. The summed E-state index contributed by atoms with van der Waals surface area (Å²) in [7, 11) is 0.288. The number of fused-ring (bicyclic) bond motifs is 3. The molecule has 0 aliphatic heterocycles. The molecule has 0 bridgehead atoms. The first-order chi connectivity index (χ1) is 19.2. The second-order valence-corrected chi connectivity index (χ2v) is 11.0. The first-order valence-corrected chi connectivity index (χ1v) is 13.4. The summed E-state index contributed by atoms with van der Waals surface area (Å²) >= 11 is 0. The molecule has 0 radical (unpaired) electrons. The zero-order chi connectivity index (χ0) is 27.9. The van der Waals surface area contributed by atoms with Gasteiger partial charge in [0.2, 0.25) is 0 Å². The second kappa shape index (κ2) is 10.0. The van der Waals surface area contributed by atoms with Crippen molar-refractivity contribution in [1.29, 1.82) is 0 Å². The lowest BCUT2D eigenvalue weighted by Crippen LogP contribution is -2.49. The van der Waals surface area contributed by atoms with Crippen LogP contribution in [0.3, 0.4) is 0 Å². The molecule has 0 saturated heterocycles. The van der Waals surface area contributed by atoms with Crippen molar-refractivity contribution in [2.75, 3.05) is 0 Å². The molecule has 6 aromatic rings. The highest BCUT2D eigenvalue weighted by Crippen LogP contribution is 2.36. The van der Waals surface area contributed by atoms with Gasteiger partial charge in [-0.1, -0.05) is 84.9 Å². The minimum Gasteiger partial charge on any atom is -0.456 e. The third-order valence-electron chi connectivity index (χ3n) is 7.63. The van der Waals surface area contributed by atoms with Crippen molar-refractivity contribution in [2.24, 2.45) is 0 Å². The zero-order valence-corrected chi connectivity index (χ0v) is 23.1. The van der Waals surface area contributed by atoms with Crippen molar-refractivity contribution in [3.8, 4) is 34.2 Å². The van der Waals surface area contributed by atoms with Crippen molar-refractivity contribution < 1.29 is 14.2 Å². The molecule has 0 fully saturated rings. The van der Waals surface area contributed by atoms with E-state index in [0.717, 1.165) is 44.1 Å². The third kappa shape index (κ3) is 4.79. The maximum Gasteiger partial charge on any atom is 0.310 e. The fourth-order valence-corrected chi connectivity index (χ4v) is 4.59. The Morgan fingerprint density at radius 1 is 0.650 bits per heavy atom. The van der Waals surface area contributed by atoms with Gasteiger partial charge in [0.05, 0.1) is 11.2 Å². The summed E-state index contributed by atoms with van der Waals surface area (Å²) in [5, 5.41) is 12.6. The van der Waals surface area contributed by atoms with Crippen LogP contribution in [0.25, 0.3) is 56.1 Å². The van der Waals surface area contributed by atoms with Crippen molar-refractivity contribution in [2.45, 2.75) is 38.9 Å². The van der Waals surface area contributed by atoms with E-state index < -0.39 is 11.2 Å². The maximum absolute atomic E-state index is 10.6. The van der Waals surface area contributed by atoms with E-state index in [2.05, 4.69) is 6.07 Å².